The number of hydrogen-bond donors (Lipinski definition) is 1. The zero-order valence-electron chi connectivity index (χ0n) is 13.1. The molecular weight excluding hydrogens is 292 g/mol. The summed E-state index contributed by atoms with van der Waals surface area (Å²) in [4.78, 5) is 30.8. The molecule has 3 heterocycles. The van der Waals surface area contributed by atoms with Crippen molar-refractivity contribution in [2.75, 3.05) is 16.8 Å². The van der Waals surface area contributed by atoms with E-state index < -0.39 is 0 Å². The molecule has 2 aromatic rings. The van der Waals surface area contributed by atoms with Crippen LogP contribution < -0.4 is 10.2 Å². The Morgan fingerprint density at radius 1 is 1.39 bits per heavy atom. The van der Waals surface area contributed by atoms with Crippen molar-refractivity contribution in [1.29, 1.82) is 0 Å². The van der Waals surface area contributed by atoms with Gasteiger partial charge in [-0.3, -0.25) is 14.6 Å². The van der Waals surface area contributed by atoms with Gasteiger partial charge in [-0.1, -0.05) is 6.92 Å². The molecule has 6 heteroatoms. The van der Waals surface area contributed by atoms with Gasteiger partial charge in [0.15, 0.2) is 0 Å². The highest BCUT2D eigenvalue weighted by atomic mass is 16.2. The number of amides is 2. The first-order valence-electron chi connectivity index (χ1n) is 7.85. The van der Waals surface area contributed by atoms with E-state index >= 15 is 0 Å². The van der Waals surface area contributed by atoms with Crippen molar-refractivity contribution in [3.63, 3.8) is 0 Å². The predicted octanol–water partition coefficient (Wildman–Crippen LogP) is 2.28. The van der Waals surface area contributed by atoms with Crippen LogP contribution in [0, 0.1) is 5.92 Å². The summed E-state index contributed by atoms with van der Waals surface area (Å²) in [7, 11) is 0. The van der Waals surface area contributed by atoms with E-state index in [4.69, 9.17) is 0 Å². The van der Waals surface area contributed by atoms with E-state index in [0.717, 1.165) is 0 Å². The summed E-state index contributed by atoms with van der Waals surface area (Å²) in [6.45, 7) is 2.97. The Labute approximate surface area is 135 Å². The number of carbonyl (C=O) groups excluding carboxylic acids is 2. The molecule has 0 bridgehead atoms. The molecule has 0 fully saturated rings. The number of carbonyl (C=O) groups is 2. The van der Waals surface area contributed by atoms with E-state index in [-0.39, 0.29) is 17.7 Å². The maximum absolute atomic E-state index is 12.7. The lowest BCUT2D eigenvalue weighted by molar-refractivity contribution is -0.120. The van der Waals surface area contributed by atoms with Gasteiger partial charge < -0.3 is 14.8 Å². The fraction of sp³-hybridized carbons (Fsp3) is 0.353. The van der Waals surface area contributed by atoms with Crippen LogP contribution in [0.3, 0.4) is 0 Å². The van der Waals surface area contributed by atoms with Gasteiger partial charge in [-0.25, -0.2) is 0 Å². The molecule has 0 aliphatic carbocycles. The summed E-state index contributed by atoms with van der Waals surface area (Å²) >= 11 is 0. The molecule has 1 aliphatic heterocycles. The van der Waals surface area contributed by atoms with Crippen LogP contribution in [0.1, 0.15) is 19.8 Å². The van der Waals surface area contributed by atoms with Gasteiger partial charge in [-0.15, -0.1) is 0 Å². The number of hydrogen-bond acceptors (Lipinski definition) is 3. The van der Waals surface area contributed by atoms with Gasteiger partial charge in [0.25, 0.3) is 0 Å². The minimum atomic E-state index is -0.210. The highest BCUT2D eigenvalue weighted by Crippen LogP contribution is 2.30. The maximum atomic E-state index is 12.7. The quantitative estimate of drug-likeness (QED) is 0.942. The fourth-order valence-corrected chi connectivity index (χ4v) is 2.77. The summed E-state index contributed by atoms with van der Waals surface area (Å²) in [6, 6.07) is 5.61. The van der Waals surface area contributed by atoms with Crippen LogP contribution in [0.4, 0.5) is 11.4 Å². The SMILES string of the molecule is CCC1CN(C(=O)CCn2cccc2)c2cnccc2NC1=O. The van der Waals surface area contributed by atoms with Crippen molar-refractivity contribution >= 4 is 23.2 Å². The minimum absolute atomic E-state index is 0.00269. The average Bonchev–Trinajstić information content (AvgIpc) is 3.03. The zero-order valence-corrected chi connectivity index (χ0v) is 13.1. The van der Waals surface area contributed by atoms with Crippen LogP contribution in [0.2, 0.25) is 0 Å². The Balaban J connectivity index is 1.83. The summed E-state index contributed by atoms with van der Waals surface area (Å²) in [5, 5.41) is 2.90. The molecule has 6 nitrogen and oxygen atoms in total. The summed E-state index contributed by atoms with van der Waals surface area (Å²) < 4.78 is 1.97. The number of aryl methyl sites for hydroxylation is 1. The van der Waals surface area contributed by atoms with Crippen molar-refractivity contribution in [2.45, 2.75) is 26.3 Å². The molecule has 0 aromatic carbocycles. The summed E-state index contributed by atoms with van der Waals surface area (Å²) in [5.41, 5.74) is 1.32. The first-order valence-corrected chi connectivity index (χ1v) is 7.85. The Kier molecular flexibility index (Phi) is 4.41. The molecule has 0 spiro atoms. The van der Waals surface area contributed by atoms with Crippen LogP contribution >= 0.6 is 0 Å². The Bertz CT molecular complexity index is 696. The molecule has 1 unspecified atom stereocenters. The first-order chi connectivity index (χ1) is 11.2. The number of rotatable bonds is 4. The molecule has 2 amide bonds. The summed E-state index contributed by atoms with van der Waals surface area (Å²) in [6.07, 6.45) is 8.20. The van der Waals surface area contributed by atoms with Crippen molar-refractivity contribution in [3.8, 4) is 0 Å². The highest BCUT2D eigenvalue weighted by Gasteiger charge is 2.30. The number of nitrogens with zero attached hydrogens (tertiary/aromatic N) is 3. The molecule has 3 rings (SSSR count). The number of aromatic nitrogens is 2. The van der Waals surface area contributed by atoms with Crippen LogP contribution in [0.25, 0.3) is 0 Å². The lowest BCUT2D eigenvalue weighted by atomic mass is 10.1. The Morgan fingerprint density at radius 3 is 2.91 bits per heavy atom. The van der Waals surface area contributed by atoms with Crippen molar-refractivity contribution in [3.05, 3.63) is 43.0 Å². The van der Waals surface area contributed by atoms with E-state index in [1.54, 1.807) is 23.4 Å². The lowest BCUT2D eigenvalue weighted by Crippen LogP contribution is -2.37. The van der Waals surface area contributed by atoms with Gasteiger partial charge in [0.05, 0.1) is 23.5 Å². The van der Waals surface area contributed by atoms with Gasteiger partial charge in [0, 0.05) is 38.1 Å². The standard InChI is InChI=1S/C17H20N4O2/c1-2-13-12-21(16(22)6-10-20-8-3-4-9-20)15-11-18-7-5-14(15)19-17(13)23/h3-5,7-9,11,13H,2,6,10,12H2,1H3,(H,19,23). The smallest absolute Gasteiger partial charge is 0.229 e. The van der Waals surface area contributed by atoms with Crippen LogP contribution in [0.15, 0.2) is 43.0 Å². The number of pyridine rings is 1. The van der Waals surface area contributed by atoms with Crippen LogP contribution in [-0.2, 0) is 16.1 Å². The van der Waals surface area contributed by atoms with Gasteiger partial charge in [-0.2, -0.15) is 0 Å². The van der Waals surface area contributed by atoms with Crippen molar-refractivity contribution in [1.82, 2.24) is 9.55 Å². The van der Waals surface area contributed by atoms with Crippen LogP contribution in [-0.4, -0.2) is 27.9 Å². The van der Waals surface area contributed by atoms with E-state index in [2.05, 4.69) is 10.3 Å². The normalized spacial score (nSPS) is 17.3. The fourth-order valence-electron chi connectivity index (χ4n) is 2.77. The van der Waals surface area contributed by atoms with E-state index in [9.17, 15) is 9.59 Å². The largest absolute Gasteiger partial charge is 0.354 e. The molecule has 1 atom stereocenters. The molecule has 0 saturated carbocycles. The highest BCUT2D eigenvalue weighted by molar-refractivity contribution is 6.04. The second-order valence-corrected chi connectivity index (χ2v) is 5.66. The molecular formula is C17H20N4O2. The summed E-state index contributed by atoms with van der Waals surface area (Å²) in [5.74, 6) is -0.249. The Hall–Kier alpha value is -2.63. The van der Waals surface area contributed by atoms with Gasteiger partial charge in [-0.05, 0) is 24.6 Å². The van der Waals surface area contributed by atoms with E-state index in [1.807, 2.05) is 36.0 Å². The zero-order chi connectivity index (χ0) is 16.2. The van der Waals surface area contributed by atoms with E-state index in [0.29, 0.717) is 37.3 Å². The Morgan fingerprint density at radius 2 is 2.17 bits per heavy atom. The third-order valence-corrected chi connectivity index (χ3v) is 4.17. The third kappa shape index (κ3) is 3.26. The molecule has 2 aromatic heterocycles. The van der Waals surface area contributed by atoms with Gasteiger partial charge in [0.1, 0.15) is 0 Å². The lowest BCUT2D eigenvalue weighted by Gasteiger charge is -2.24. The number of anilines is 2. The minimum Gasteiger partial charge on any atom is -0.354 e. The molecule has 120 valence electrons. The van der Waals surface area contributed by atoms with Crippen molar-refractivity contribution in [2.24, 2.45) is 5.92 Å². The van der Waals surface area contributed by atoms with E-state index in [1.165, 1.54) is 0 Å². The predicted molar refractivity (Wildman–Crippen MR) is 88.0 cm³/mol. The number of nitrogens with one attached hydrogen (secondary N) is 1. The third-order valence-electron chi connectivity index (χ3n) is 4.17. The second kappa shape index (κ2) is 6.64. The van der Waals surface area contributed by atoms with Gasteiger partial charge >= 0.3 is 0 Å². The first kappa shape index (κ1) is 15.3. The van der Waals surface area contributed by atoms with Crippen LogP contribution in [0.5, 0.6) is 0 Å². The monoisotopic (exact) mass is 312 g/mol. The molecule has 0 radical (unpaired) electrons. The molecule has 23 heavy (non-hydrogen) atoms. The molecule has 0 saturated heterocycles. The maximum Gasteiger partial charge on any atom is 0.229 e. The molecule has 1 aliphatic rings. The number of fused-ring (bicyclic) bond motifs is 1. The molecule has 1 N–H and O–H groups in total. The topological polar surface area (TPSA) is 67.2 Å². The van der Waals surface area contributed by atoms with Crippen molar-refractivity contribution < 1.29 is 9.59 Å². The average molecular weight is 312 g/mol. The van der Waals surface area contributed by atoms with Gasteiger partial charge in [0.2, 0.25) is 11.8 Å². The second-order valence-electron chi connectivity index (χ2n) is 5.66.